The van der Waals surface area contributed by atoms with Gasteiger partial charge in [0, 0.05) is 10.9 Å². The van der Waals surface area contributed by atoms with E-state index in [1.165, 1.54) is 0 Å². The maximum absolute atomic E-state index is 5.94. The molecule has 0 N–H and O–H groups in total. The van der Waals surface area contributed by atoms with E-state index in [4.69, 9.17) is 16.3 Å². The van der Waals surface area contributed by atoms with Crippen LogP contribution in [0.3, 0.4) is 0 Å². The third-order valence-electron chi connectivity index (χ3n) is 1.68. The molecule has 14 heavy (non-hydrogen) atoms. The van der Waals surface area contributed by atoms with Gasteiger partial charge in [0.05, 0.1) is 11.6 Å². The Morgan fingerprint density at radius 3 is 2.93 bits per heavy atom. The molecule has 0 fully saturated rings. The maximum Gasteiger partial charge on any atom is 0.139 e. The lowest BCUT2D eigenvalue weighted by molar-refractivity contribution is 0.322. The first-order valence-corrected chi connectivity index (χ1v) is 5.49. The summed E-state index contributed by atoms with van der Waals surface area (Å²) in [6.45, 7) is 6.40. The van der Waals surface area contributed by atoms with Crippen molar-refractivity contribution in [3.8, 4) is 5.75 Å². The summed E-state index contributed by atoms with van der Waals surface area (Å²) < 4.78 is 6.47. The number of hydrogen-bond acceptors (Lipinski definition) is 1. The van der Waals surface area contributed by atoms with Crippen LogP contribution in [-0.4, -0.2) is 6.61 Å². The highest BCUT2D eigenvalue weighted by Gasteiger charge is 2.01. The zero-order valence-electron chi connectivity index (χ0n) is 8.02. The minimum atomic E-state index is 0.617. The van der Waals surface area contributed by atoms with Gasteiger partial charge >= 0.3 is 0 Å². The second-order valence-corrected chi connectivity index (χ2v) is 4.45. The molecule has 0 amide bonds. The maximum atomic E-state index is 5.94. The van der Waals surface area contributed by atoms with E-state index in [0.29, 0.717) is 17.4 Å². The Kier molecular flexibility index (Phi) is 4.49. The van der Waals surface area contributed by atoms with Crippen molar-refractivity contribution in [3.05, 3.63) is 39.8 Å². The van der Waals surface area contributed by atoms with Crippen molar-refractivity contribution >= 4 is 27.5 Å². The minimum absolute atomic E-state index is 0.617. The highest BCUT2D eigenvalue weighted by atomic mass is 79.9. The van der Waals surface area contributed by atoms with Gasteiger partial charge in [-0.25, -0.2) is 0 Å². The molecule has 76 valence electrons. The fourth-order valence-electron chi connectivity index (χ4n) is 0.923. The Bertz CT molecular complexity index is 336. The quantitative estimate of drug-likeness (QED) is 0.738. The Labute approximate surface area is 97.9 Å². The smallest absolute Gasteiger partial charge is 0.139 e. The largest absolute Gasteiger partial charge is 0.492 e. The number of benzene rings is 1. The van der Waals surface area contributed by atoms with Crippen LogP contribution < -0.4 is 4.74 Å². The topological polar surface area (TPSA) is 9.23 Å². The van der Waals surface area contributed by atoms with Gasteiger partial charge in [0.15, 0.2) is 0 Å². The standard InChI is InChI=1S/C11H12BrClO/c1-8(2)5-6-14-11-7-9(12)3-4-10(11)13/h3-4,7H,1,5-6H2,2H3. The van der Waals surface area contributed by atoms with Gasteiger partial charge in [0.1, 0.15) is 5.75 Å². The molecule has 0 saturated carbocycles. The first kappa shape index (κ1) is 11.6. The normalized spacial score (nSPS) is 9.93. The van der Waals surface area contributed by atoms with Crippen LogP contribution in [0.25, 0.3) is 0 Å². The Hall–Kier alpha value is -0.470. The summed E-state index contributed by atoms with van der Waals surface area (Å²) >= 11 is 9.30. The van der Waals surface area contributed by atoms with Crippen molar-refractivity contribution in [3.63, 3.8) is 0 Å². The van der Waals surface area contributed by atoms with Crippen LogP contribution in [0, 0.1) is 0 Å². The summed E-state index contributed by atoms with van der Waals surface area (Å²) in [5.41, 5.74) is 1.11. The van der Waals surface area contributed by atoms with Gasteiger partial charge in [-0.05, 0) is 25.1 Å². The monoisotopic (exact) mass is 274 g/mol. The fraction of sp³-hybridized carbons (Fsp3) is 0.273. The third-order valence-corrected chi connectivity index (χ3v) is 2.49. The summed E-state index contributed by atoms with van der Waals surface area (Å²) in [4.78, 5) is 0. The van der Waals surface area contributed by atoms with Gasteiger partial charge in [-0.1, -0.05) is 33.1 Å². The molecule has 0 heterocycles. The summed E-state index contributed by atoms with van der Waals surface area (Å²) in [5, 5.41) is 0.634. The first-order chi connectivity index (χ1) is 6.59. The van der Waals surface area contributed by atoms with E-state index in [2.05, 4.69) is 22.5 Å². The van der Waals surface area contributed by atoms with E-state index in [9.17, 15) is 0 Å². The summed E-state index contributed by atoms with van der Waals surface area (Å²) in [6, 6.07) is 5.55. The van der Waals surface area contributed by atoms with Crippen molar-refractivity contribution < 1.29 is 4.74 Å². The number of rotatable bonds is 4. The molecule has 1 aromatic carbocycles. The predicted octanol–water partition coefficient (Wildman–Crippen LogP) is 4.45. The SMILES string of the molecule is C=C(C)CCOc1cc(Br)ccc1Cl. The fourth-order valence-corrected chi connectivity index (χ4v) is 1.44. The molecular formula is C11H12BrClO. The summed E-state index contributed by atoms with van der Waals surface area (Å²) in [7, 11) is 0. The van der Waals surface area contributed by atoms with E-state index < -0.39 is 0 Å². The van der Waals surface area contributed by atoms with Crippen LogP contribution in [0.5, 0.6) is 5.75 Å². The lowest BCUT2D eigenvalue weighted by atomic mass is 10.2. The van der Waals surface area contributed by atoms with E-state index in [1.807, 2.05) is 25.1 Å². The Balaban J connectivity index is 2.57. The molecule has 1 aromatic rings. The average molecular weight is 276 g/mol. The van der Waals surface area contributed by atoms with Crippen molar-refractivity contribution in [2.75, 3.05) is 6.61 Å². The lowest BCUT2D eigenvalue weighted by Crippen LogP contribution is -1.97. The van der Waals surface area contributed by atoms with Gasteiger partial charge in [-0.15, -0.1) is 6.58 Å². The van der Waals surface area contributed by atoms with Gasteiger partial charge < -0.3 is 4.74 Å². The number of hydrogen-bond donors (Lipinski definition) is 0. The molecule has 1 rings (SSSR count). The van der Waals surface area contributed by atoms with Crippen molar-refractivity contribution in [2.45, 2.75) is 13.3 Å². The first-order valence-electron chi connectivity index (χ1n) is 4.32. The second kappa shape index (κ2) is 5.42. The zero-order valence-corrected chi connectivity index (χ0v) is 10.4. The van der Waals surface area contributed by atoms with Crippen molar-refractivity contribution in [2.24, 2.45) is 0 Å². The molecule has 3 heteroatoms. The third kappa shape index (κ3) is 3.72. The van der Waals surface area contributed by atoms with E-state index in [1.54, 1.807) is 0 Å². The Morgan fingerprint density at radius 1 is 1.57 bits per heavy atom. The summed E-state index contributed by atoms with van der Waals surface area (Å²) in [6.07, 6.45) is 0.850. The number of halogens is 2. The molecule has 0 aliphatic carbocycles. The molecule has 0 aliphatic rings. The molecule has 0 saturated heterocycles. The van der Waals surface area contributed by atoms with Crippen molar-refractivity contribution in [1.82, 2.24) is 0 Å². The summed E-state index contributed by atoms with van der Waals surface area (Å²) in [5.74, 6) is 0.710. The highest BCUT2D eigenvalue weighted by Crippen LogP contribution is 2.28. The molecular weight excluding hydrogens is 263 g/mol. The minimum Gasteiger partial charge on any atom is -0.492 e. The molecule has 0 bridgehead atoms. The molecule has 0 radical (unpaired) electrons. The lowest BCUT2D eigenvalue weighted by Gasteiger charge is -2.07. The molecule has 0 aliphatic heterocycles. The van der Waals surface area contributed by atoms with Gasteiger partial charge in [0.25, 0.3) is 0 Å². The Morgan fingerprint density at radius 2 is 2.29 bits per heavy atom. The van der Waals surface area contributed by atoms with Crippen LogP contribution in [0.4, 0.5) is 0 Å². The van der Waals surface area contributed by atoms with Crippen LogP contribution in [-0.2, 0) is 0 Å². The van der Waals surface area contributed by atoms with Crippen LogP contribution in [0.15, 0.2) is 34.8 Å². The number of ether oxygens (including phenoxy) is 1. The predicted molar refractivity (Wildman–Crippen MR) is 64.1 cm³/mol. The van der Waals surface area contributed by atoms with Crippen LogP contribution in [0.2, 0.25) is 5.02 Å². The van der Waals surface area contributed by atoms with Crippen LogP contribution in [0.1, 0.15) is 13.3 Å². The van der Waals surface area contributed by atoms with Gasteiger partial charge in [-0.2, -0.15) is 0 Å². The molecule has 0 unspecified atom stereocenters. The van der Waals surface area contributed by atoms with E-state index in [-0.39, 0.29) is 0 Å². The van der Waals surface area contributed by atoms with Gasteiger partial charge in [0.2, 0.25) is 0 Å². The molecule has 0 atom stereocenters. The van der Waals surface area contributed by atoms with E-state index >= 15 is 0 Å². The molecule has 1 nitrogen and oxygen atoms in total. The van der Waals surface area contributed by atoms with Crippen molar-refractivity contribution in [1.29, 1.82) is 0 Å². The zero-order chi connectivity index (χ0) is 10.6. The highest BCUT2D eigenvalue weighted by molar-refractivity contribution is 9.10. The average Bonchev–Trinajstić information content (AvgIpc) is 2.10. The van der Waals surface area contributed by atoms with Crippen LogP contribution >= 0.6 is 27.5 Å². The molecule has 0 aromatic heterocycles. The van der Waals surface area contributed by atoms with Gasteiger partial charge in [-0.3, -0.25) is 0 Å². The second-order valence-electron chi connectivity index (χ2n) is 3.13. The molecule has 0 spiro atoms. The van der Waals surface area contributed by atoms with E-state index in [0.717, 1.165) is 16.5 Å².